The predicted molar refractivity (Wildman–Crippen MR) is 83.9 cm³/mol. The molecule has 3 rings (SSSR count). The third-order valence-electron chi connectivity index (χ3n) is 3.88. The molecule has 1 aromatic carbocycles. The second-order valence-corrected chi connectivity index (χ2v) is 6.45. The van der Waals surface area contributed by atoms with Gasteiger partial charge in [0.1, 0.15) is 5.25 Å². The molecule has 106 valence electrons. The van der Waals surface area contributed by atoms with Crippen LogP contribution in [0.4, 0.5) is 0 Å². The molecule has 0 saturated heterocycles. The maximum atomic E-state index is 12.4. The monoisotopic (exact) mass is 288 g/mol. The highest BCUT2D eigenvalue weighted by Crippen LogP contribution is 2.36. The highest BCUT2D eigenvalue weighted by molar-refractivity contribution is 8.00. The lowest BCUT2D eigenvalue weighted by Crippen LogP contribution is -2.33. The van der Waals surface area contributed by atoms with Gasteiger partial charge in [0, 0.05) is 13.1 Å². The van der Waals surface area contributed by atoms with E-state index in [1.54, 1.807) is 11.8 Å². The number of carbonyl (C=O) groups excluding carboxylic acids is 1. The van der Waals surface area contributed by atoms with Crippen LogP contribution >= 0.6 is 11.8 Å². The Morgan fingerprint density at radius 1 is 1.35 bits per heavy atom. The molecule has 2 N–H and O–H groups in total. The molecule has 0 aliphatic carbocycles. The van der Waals surface area contributed by atoms with Gasteiger partial charge in [-0.25, -0.2) is 0 Å². The summed E-state index contributed by atoms with van der Waals surface area (Å²) in [6.45, 7) is 2.63. The number of rotatable bonds is 3. The Bertz CT molecular complexity index is 527. The third kappa shape index (κ3) is 3.07. The molecule has 2 aliphatic heterocycles. The molecule has 3 nitrogen and oxygen atoms in total. The fourth-order valence-electron chi connectivity index (χ4n) is 2.73. The van der Waals surface area contributed by atoms with Crippen molar-refractivity contribution in [2.45, 2.75) is 18.1 Å². The van der Waals surface area contributed by atoms with Crippen LogP contribution in [0.1, 0.15) is 22.8 Å². The second kappa shape index (κ2) is 6.46. The van der Waals surface area contributed by atoms with Crippen molar-refractivity contribution >= 4 is 17.7 Å². The number of hydrogen-bond acceptors (Lipinski definition) is 3. The van der Waals surface area contributed by atoms with E-state index >= 15 is 0 Å². The minimum Gasteiger partial charge on any atom is -0.351 e. The molecule has 4 heteroatoms. The Hall–Kier alpha value is -1.26. The smallest absolute Gasteiger partial charge is 0.237 e. The normalized spacial score (nSPS) is 21.8. The average molecular weight is 288 g/mol. The summed E-state index contributed by atoms with van der Waals surface area (Å²) in [6, 6.07) is 8.32. The maximum Gasteiger partial charge on any atom is 0.237 e. The molecule has 1 aromatic rings. The standard InChI is InChI=1S/C16H20N2OS/c19-16(18-11-12-5-8-17-9-6-12)15-14-4-2-1-3-13(14)7-10-20-15/h1-5,15,17H,6-11H2,(H,18,19). The largest absolute Gasteiger partial charge is 0.351 e. The predicted octanol–water partition coefficient (Wildman–Crippen LogP) is 2.05. The van der Waals surface area contributed by atoms with Gasteiger partial charge in [-0.05, 0) is 36.3 Å². The van der Waals surface area contributed by atoms with Crippen LogP contribution < -0.4 is 10.6 Å². The number of benzene rings is 1. The lowest BCUT2D eigenvalue weighted by atomic mass is 10.0. The summed E-state index contributed by atoms with van der Waals surface area (Å²) in [7, 11) is 0. The number of fused-ring (bicyclic) bond motifs is 1. The summed E-state index contributed by atoms with van der Waals surface area (Å²) in [5, 5.41) is 6.35. The first-order chi connectivity index (χ1) is 9.84. The van der Waals surface area contributed by atoms with Gasteiger partial charge in [0.05, 0.1) is 0 Å². The first kappa shape index (κ1) is 13.7. The van der Waals surface area contributed by atoms with Crippen LogP contribution in [-0.4, -0.2) is 31.3 Å². The van der Waals surface area contributed by atoms with Gasteiger partial charge in [0.15, 0.2) is 0 Å². The van der Waals surface area contributed by atoms with Crippen LogP contribution in [0.25, 0.3) is 0 Å². The lowest BCUT2D eigenvalue weighted by Gasteiger charge is -2.24. The SMILES string of the molecule is O=C(NCC1=CCNCC1)C1SCCc2ccccc21. The van der Waals surface area contributed by atoms with Crippen molar-refractivity contribution in [3.05, 3.63) is 47.0 Å². The minimum atomic E-state index is -0.0396. The van der Waals surface area contributed by atoms with Gasteiger partial charge in [0.25, 0.3) is 0 Å². The molecule has 2 heterocycles. The first-order valence-electron chi connectivity index (χ1n) is 7.20. The molecule has 1 amide bonds. The molecule has 0 radical (unpaired) electrons. The van der Waals surface area contributed by atoms with E-state index in [2.05, 4.69) is 34.9 Å². The van der Waals surface area contributed by atoms with Crippen molar-refractivity contribution in [1.29, 1.82) is 0 Å². The summed E-state index contributed by atoms with van der Waals surface area (Å²) in [5.41, 5.74) is 3.86. The minimum absolute atomic E-state index is 0.0396. The summed E-state index contributed by atoms with van der Waals surface area (Å²) < 4.78 is 0. The summed E-state index contributed by atoms with van der Waals surface area (Å²) in [4.78, 5) is 12.4. The molecule has 1 unspecified atom stereocenters. The van der Waals surface area contributed by atoms with Gasteiger partial charge in [-0.2, -0.15) is 0 Å². The van der Waals surface area contributed by atoms with E-state index in [0.717, 1.165) is 31.7 Å². The third-order valence-corrected chi connectivity index (χ3v) is 5.12. The van der Waals surface area contributed by atoms with Gasteiger partial charge in [-0.15, -0.1) is 11.8 Å². The molecule has 0 fully saturated rings. The van der Waals surface area contributed by atoms with E-state index in [4.69, 9.17) is 0 Å². The van der Waals surface area contributed by atoms with Crippen molar-refractivity contribution in [3.8, 4) is 0 Å². The van der Waals surface area contributed by atoms with Gasteiger partial charge in [-0.3, -0.25) is 4.79 Å². The van der Waals surface area contributed by atoms with E-state index in [-0.39, 0.29) is 11.2 Å². The Balaban J connectivity index is 1.64. The number of amides is 1. The molecule has 0 saturated carbocycles. The van der Waals surface area contributed by atoms with Crippen LogP contribution in [0.3, 0.4) is 0 Å². The molecule has 0 bridgehead atoms. The highest BCUT2D eigenvalue weighted by atomic mass is 32.2. The number of thioether (sulfide) groups is 1. The molecule has 0 aromatic heterocycles. The lowest BCUT2D eigenvalue weighted by molar-refractivity contribution is -0.120. The average Bonchev–Trinajstić information content (AvgIpc) is 2.53. The van der Waals surface area contributed by atoms with Gasteiger partial charge >= 0.3 is 0 Å². The van der Waals surface area contributed by atoms with Crippen molar-refractivity contribution in [2.75, 3.05) is 25.4 Å². The number of nitrogens with one attached hydrogen (secondary N) is 2. The second-order valence-electron chi connectivity index (χ2n) is 5.23. The Morgan fingerprint density at radius 2 is 2.25 bits per heavy atom. The summed E-state index contributed by atoms with van der Waals surface area (Å²) in [5.74, 6) is 1.18. The number of aryl methyl sites for hydroxylation is 1. The van der Waals surface area contributed by atoms with Crippen molar-refractivity contribution in [3.63, 3.8) is 0 Å². The van der Waals surface area contributed by atoms with Crippen LogP contribution in [0.5, 0.6) is 0 Å². The highest BCUT2D eigenvalue weighted by Gasteiger charge is 2.26. The molecule has 0 spiro atoms. The van der Waals surface area contributed by atoms with Crippen LogP contribution in [0, 0.1) is 0 Å². The fraction of sp³-hybridized carbons (Fsp3) is 0.438. The number of carbonyl (C=O) groups is 1. The summed E-state index contributed by atoms with van der Waals surface area (Å²) >= 11 is 1.76. The fourth-order valence-corrected chi connectivity index (χ4v) is 3.95. The zero-order valence-electron chi connectivity index (χ0n) is 11.5. The van der Waals surface area contributed by atoms with Crippen LogP contribution in [0.2, 0.25) is 0 Å². The first-order valence-corrected chi connectivity index (χ1v) is 8.25. The Labute approximate surface area is 124 Å². The van der Waals surface area contributed by atoms with Crippen LogP contribution in [0.15, 0.2) is 35.9 Å². The van der Waals surface area contributed by atoms with E-state index in [1.165, 1.54) is 16.7 Å². The van der Waals surface area contributed by atoms with E-state index in [9.17, 15) is 4.79 Å². The quantitative estimate of drug-likeness (QED) is 0.837. The zero-order valence-corrected chi connectivity index (χ0v) is 12.3. The molecular formula is C16H20N2OS. The van der Waals surface area contributed by atoms with E-state index in [1.807, 2.05) is 6.07 Å². The van der Waals surface area contributed by atoms with Gasteiger partial charge in [-0.1, -0.05) is 35.9 Å². The van der Waals surface area contributed by atoms with E-state index < -0.39 is 0 Å². The number of hydrogen-bond donors (Lipinski definition) is 2. The van der Waals surface area contributed by atoms with Crippen LogP contribution in [-0.2, 0) is 11.2 Å². The van der Waals surface area contributed by atoms with Gasteiger partial charge < -0.3 is 10.6 Å². The zero-order chi connectivity index (χ0) is 13.8. The van der Waals surface area contributed by atoms with E-state index in [0.29, 0.717) is 6.54 Å². The molecule has 1 atom stereocenters. The maximum absolute atomic E-state index is 12.4. The van der Waals surface area contributed by atoms with Crippen molar-refractivity contribution in [2.24, 2.45) is 0 Å². The Morgan fingerprint density at radius 3 is 3.10 bits per heavy atom. The topological polar surface area (TPSA) is 41.1 Å². The Kier molecular flexibility index (Phi) is 4.43. The van der Waals surface area contributed by atoms with Gasteiger partial charge in [0.2, 0.25) is 5.91 Å². The van der Waals surface area contributed by atoms with Crippen molar-refractivity contribution in [1.82, 2.24) is 10.6 Å². The van der Waals surface area contributed by atoms with Crippen molar-refractivity contribution < 1.29 is 4.79 Å². The molecule has 20 heavy (non-hydrogen) atoms. The summed E-state index contributed by atoms with van der Waals surface area (Å²) in [6.07, 6.45) is 4.29. The molecular weight excluding hydrogens is 268 g/mol. The molecule has 2 aliphatic rings.